The summed E-state index contributed by atoms with van der Waals surface area (Å²) in [4.78, 5) is 47.7. The van der Waals surface area contributed by atoms with Crippen molar-refractivity contribution in [2.24, 2.45) is 0 Å². The molecule has 0 saturated carbocycles. The molecule has 3 heterocycles. The number of para-hydroxylation sites is 1. The van der Waals surface area contributed by atoms with Gasteiger partial charge in [0, 0.05) is 48.2 Å². The van der Waals surface area contributed by atoms with Gasteiger partial charge in [0.25, 0.3) is 5.91 Å². The molecule has 1 N–H and O–H groups in total. The lowest BCUT2D eigenvalue weighted by molar-refractivity contribution is -0.139. The van der Waals surface area contributed by atoms with Crippen molar-refractivity contribution in [1.29, 1.82) is 0 Å². The summed E-state index contributed by atoms with van der Waals surface area (Å²) in [6.45, 7) is 5.81. The van der Waals surface area contributed by atoms with Crippen LogP contribution in [0, 0.1) is 6.92 Å². The number of carbonyl (C=O) groups is 3. The van der Waals surface area contributed by atoms with Crippen LogP contribution in [0.15, 0.2) is 72.8 Å². The van der Waals surface area contributed by atoms with Crippen LogP contribution >= 0.6 is 0 Å². The standard InChI is InChI=1S/C31H30N4O3/c1-20-11-13-22(14-12-20)28-27(25-9-5-6-10-26(25)32-28)29-23-7-3-4-8-24(23)31(38)35(29)21(2)30(37)34-17-15-33(19-36)16-18-34/h3-14,19,21,29,32H,15-18H2,1-2H3. The summed E-state index contributed by atoms with van der Waals surface area (Å²) in [6.07, 6.45) is 0.825. The van der Waals surface area contributed by atoms with Gasteiger partial charge in [-0.3, -0.25) is 14.4 Å². The summed E-state index contributed by atoms with van der Waals surface area (Å²) in [6, 6.07) is 23.1. The number of nitrogens with zero attached hydrogens (tertiary/aromatic N) is 3. The van der Waals surface area contributed by atoms with E-state index in [1.165, 1.54) is 5.56 Å². The molecular formula is C31H30N4O3. The van der Waals surface area contributed by atoms with Gasteiger partial charge in [0.1, 0.15) is 6.04 Å². The number of rotatable bonds is 5. The Morgan fingerprint density at radius 2 is 1.63 bits per heavy atom. The first-order chi connectivity index (χ1) is 18.5. The fourth-order valence-electron chi connectivity index (χ4n) is 5.86. The molecule has 7 nitrogen and oxygen atoms in total. The van der Waals surface area contributed by atoms with Crippen molar-refractivity contribution in [3.05, 3.63) is 95.1 Å². The predicted octanol–water partition coefficient (Wildman–Crippen LogP) is 4.38. The third kappa shape index (κ3) is 3.86. The molecule has 0 aliphatic carbocycles. The topological polar surface area (TPSA) is 76.7 Å². The Bertz CT molecular complexity index is 1530. The monoisotopic (exact) mass is 506 g/mol. The molecule has 2 atom stereocenters. The van der Waals surface area contributed by atoms with Crippen molar-refractivity contribution in [3.63, 3.8) is 0 Å². The van der Waals surface area contributed by atoms with Gasteiger partial charge < -0.3 is 19.7 Å². The van der Waals surface area contributed by atoms with Gasteiger partial charge >= 0.3 is 0 Å². The Balaban J connectivity index is 1.49. The van der Waals surface area contributed by atoms with E-state index in [0.717, 1.165) is 39.7 Å². The molecule has 0 radical (unpaired) electrons. The smallest absolute Gasteiger partial charge is 0.255 e. The summed E-state index contributed by atoms with van der Waals surface area (Å²) in [5, 5.41) is 1.03. The molecule has 1 fully saturated rings. The summed E-state index contributed by atoms with van der Waals surface area (Å²) < 4.78 is 0. The lowest BCUT2D eigenvalue weighted by Gasteiger charge is -2.38. The van der Waals surface area contributed by atoms with Crippen LogP contribution in [0.2, 0.25) is 0 Å². The van der Waals surface area contributed by atoms with Gasteiger partial charge in [-0.25, -0.2) is 0 Å². The number of carbonyl (C=O) groups excluding carboxylic acids is 3. The average molecular weight is 507 g/mol. The van der Waals surface area contributed by atoms with Gasteiger partial charge in [-0.15, -0.1) is 0 Å². The zero-order valence-electron chi connectivity index (χ0n) is 21.6. The fourth-order valence-corrected chi connectivity index (χ4v) is 5.86. The van der Waals surface area contributed by atoms with Crippen molar-refractivity contribution in [2.45, 2.75) is 25.9 Å². The normalized spacial score (nSPS) is 18.1. The number of aryl methyl sites for hydroxylation is 1. The predicted molar refractivity (Wildman–Crippen MR) is 147 cm³/mol. The van der Waals surface area contributed by atoms with E-state index in [4.69, 9.17) is 0 Å². The minimum absolute atomic E-state index is 0.0987. The summed E-state index contributed by atoms with van der Waals surface area (Å²) in [7, 11) is 0. The molecule has 192 valence electrons. The number of hydrogen-bond acceptors (Lipinski definition) is 3. The number of piperazine rings is 1. The highest BCUT2D eigenvalue weighted by molar-refractivity contribution is 6.04. The van der Waals surface area contributed by atoms with Crippen LogP contribution in [0.4, 0.5) is 0 Å². The molecule has 1 aromatic heterocycles. The van der Waals surface area contributed by atoms with Crippen LogP contribution in [0.5, 0.6) is 0 Å². The molecule has 2 aliphatic heterocycles. The Morgan fingerprint density at radius 1 is 0.947 bits per heavy atom. The molecule has 3 aromatic carbocycles. The highest BCUT2D eigenvalue weighted by Crippen LogP contribution is 2.46. The van der Waals surface area contributed by atoms with Crippen LogP contribution in [0.1, 0.15) is 40.0 Å². The van der Waals surface area contributed by atoms with Gasteiger partial charge in [-0.2, -0.15) is 0 Å². The quantitative estimate of drug-likeness (QED) is 0.408. The van der Waals surface area contributed by atoms with Crippen molar-refractivity contribution in [2.75, 3.05) is 26.2 Å². The van der Waals surface area contributed by atoms with E-state index < -0.39 is 12.1 Å². The molecule has 1 saturated heterocycles. The lowest BCUT2D eigenvalue weighted by atomic mass is 9.92. The maximum Gasteiger partial charge on any atom is 0.255 e. The Morgan fingerprint density at radius 3 is 2.37 bits per heavy atom. The molecule has 2 aliphatic rings. The zero-order valence-corrected chi connectivity index (χ0v) is 21.6. The first-order valence-electron chi connectivity index (χ1n) is 13.1. The maximum absolute atomic E-state index is 13.9. The van der Waals surface area contributed by atoms with Crippen LogP contribution in [-0.2, 0) is 9.59 Å². The SMILES string of the molecule is Cc1ccc(-c2[nH]c3ccccc3c2C2c3ccccc3C(=O)N2C(C)C(=O)N2CCN(C=O)CC2)cc1. The van der Waals surface area contributed by atoms with Gasteiger partial charge in [-0.1, -0.05) is 66.2 Å². The summed E-state index contributed by atoms with van der Waals surface area (Å²) in [5.74, 6) is -0.239. The van der Waals surface area contributed by atoms with E-state index >= 15 is 0 Å². The number of hydrogen-bond donors (Lipinski definition) is 1. The number of nitrogens with one attached hydrogen (secondary N) is 1. The third-order valence-corrected chi connectivity index (χ3v) is 7.91. The molecule has 0 bridgehead atoms. The molecular weight excluding hydrogens is 476 g/mol. The van der Waals surface area contributed by atoms with E-state index in [9.17, 15) is 14.4 Å². The number of H-pyrrole nitrogens is 1. The van der Waals surface area contributed by atoms with Crippen molar-refractivity contribution in [1.82, 2.24) is 19.7 Å². The van der Waals surface area contributed by atoms with E-state index in [0.29, 0.717) is 31.7 Å². The van der Waals surface area contributed by atoms with Gasteiger partial charge in [0.15, 0.2) is 0 Å². The van der Waals surface area contributed by atoms with E-state index in [1.54, 1.807) is 14.7 Å². The van der Waals surface area contributed by atoms with E-state index in [1.807, 2.05) is 49.4 Å². The summed E-state index contributed by atoms with van der Waals surface area (Å²) in [5.41, 5.74) is 6.66. The fraction of sp³-hybridized carbons (Fsp3) is 0.258. The van der Waals surface area contributed by atoms with Crippen molar-refractivity contribution < 1.29 is 14.4 Å². The minimum Gasteiger partial charge on any atom is -0.354 e. The molecule has 6 rings (SSSR count). The average Bonchev–Trinajstić information content (AvgIpc) is 3.47. The second-order valence-corrected chi connectivity index (χ2v) is 10.2. The Labute approximate surface area is 221 Å². The van der Waals surface area contributed by atoms with Gasteiger partial charge in [0.05, 0.1) is 11.7 Å². The molecule has 4 aromatic rings. The second-order valence-electron chi connectivity index (χ2n) is 10.2. The Kier molecular flexibility index (Phi) is 5.98. The van der Waals surface area contributed by atoms with Gasteiger partial charge in [-0.05, 0) is 37.1 Å². The van der Waals surface area contributed by atoms with Crippen LogP contribution < -0.4 is 0 Å². The molecule has 7 heteroatoms. The maximum atomic E-state index is 13.9. The number of fused-ring (bicyclic) bond motifs is 2. The number of aromatic amines is 1. The number of benzene rings is 3. The van der Waals surface area contributed by atoms with E-state index in [-0.39, 0.29) is 11.8 Å². The molecule has 0 spiro atoms. The number of amides is 3. The third-order valence-electron chi connectivity index (χ3n) is 7.91. The lowest BCUT2D eigenvalue weighted by Crippen LogP contribution is -2.54. The van der Waals surface area contributed by atoms with E-state index in [2.05, 4.69) is 42.2 Å². The molecule has 38 heavy (non-hydrogen) atoms. The van der Waals surface area contributed by atoms with Crippen LogP contribution in [0.3, 0.4) is 0 Å². The van der Waals surface area contributed by atoms with Crippen LogP contribution in [-0.4, -0.2) is 70.1 Å². The highest BCUT2D eigenvalue weighted by atomic mass is 16.2. The first-order valence-corrected chi connectivity index (χ1v) is 13.1. The summed E-state index contributed by atoms with van der Waals surface area (Å²) >= 11 is 0. The van der Waals surface area contributed by atoms with Gasteiger partial charge in [0.2, 0.25) is 12.3 Å². The minimum atomic E-state index is -0.679. The highest BCUT2D eigenvalue weighted by Gasteiger charge is 2.45. The zero-order chi connectivity index (χ0) is 26.4. The van der Waals surface area contributed by atoms with Crippen LogP contribution in [0.25, 0.3) is 22.2 Å². The largest absolute Gasteiger partial charge is 0.354 e. The van der Waals surface area contributed by atoms with Crippen molar-refractivity contribution in [3.8, 4) is 11.3 Å². The molecule has 3 amide bonds. The second kappa shape index (κ2) is 9.49. The Hall–Kier alpha value is -4.39. The number of aromatic nitrogens is 1. The van der Waals surface area contributed by atoms with Crippen molar-refractivity contribution >= 4 is 29.1 Å². The first kappa shape index (κ1) is 24.0. The molecule has 2 unspecified atom stereocenters.